The minimum Gasteiger partial charge on any atom is -0.438 e. The fourth-order valence-electron chi connectivity index (χ4n) is 2.61. The Bertz CT molecular complexity index is 652. The summed E-state index contributed by atoms with van der Waals surface area (Å²) in [5, 5.41) is 0. The lowest BCUT2D eigenvalue weighted by Gasteiger charge is -2.18. The van der Waals surface area contributed by atoms with Gasteiger partial charge in [-0.3, -0.25) is 0 Å². The van der Waals surface area contributed by atoms with E-state index in [1.807, 2.05) is 26.0 Å². The summed E-state index contributed by atoms with van der Waals surface area (Å²) in [4.78, 5) is 8.68. The average Bonchev–Trinajstić information content (AvgIpc) is 2.45. The number of anilines is 1. The van der Waals surface area contributed by atoms with Crippen molar-refractivity contribution in [2.75, 3.05) is 5.73 Å². The van der Waals surface area contributed by atoms with Crippen LogP contribution in [0, 0.1) is 13.8 Å². The average molecular weight is 269 g/mol. The number of fused-ring (bicyclic) bond motifs is 1. The third-order valence-electron chi connectivity index (χ3n) is 3.86. The summed E-state index contributed by atoms with van der Waals surface area (Å²) in [6.45, 7) is 3.98. The molecule has 0 unspecified atom stereocenters. The summed E-state index contributed by atoms with van der Waals surface area (Å²) in [5.41, 5.74) is 11.0. The minimum atomic E-state index is 0.696. The summed E-state index contributed by atoms with van der Waals surface area (Å²) in [5.74, 6) is 1.52. The van der Waals surface area contributed by atoms with Gasteiger partial charge in [-0.1, -0.05) is 0 Å². The highest BCUT2D eigenvalue weighted by Crippen LogP contribution is 2.32. The van der Waals surface area contributed by atoms with Crippen molar-refractivity contribution in [1.29, 1.82) is 0 Å². The quantitative estimate of drug-likeness (QED) is 0.849. The predicted octanol–water partition coefficient (Wildman–Crippen LogP) is 3.35. The predicted molar refractivity (Wildman–Crippen MR) is 79.1 cm³/mol. The van der Waals surface area contributed by atoms with Gasteiger partial charge in [0.05, 0.1) is 5.69 Å². The molecule has 2 N–H and O–H groups in total. The number of hydrogen-bond donors (Lipinski definition) is 1. The van der Waals surface area contributed by atoms with Gasteiger partial charge in [-0.25, -0.2) is 9.97 Å². The number of nitrogen functional groups attached to an aromatic ring is 1. The number of nitrogens with two attached hydrogens (primary N) is 1. The van der Waals surface area contributed by atoms with Crippen molar-refractivity contribution >= 4 is 5.69 Å². The molecular weight excluding hydrogens is 250 g/mol. The molecule has 0 radical (unpaired) electrons. The van der Waals surface area contributed by atoms with E-state index < -0.39 is 0 Å². The molecular formula is C16H19N3O. The van der Waals surface area contributed by atoms with Crippen LogP contribution >= 0.6 is 0 Å². The molecule has 104 valence electrons. The minimum absolute atomic E-state index is 0.696. The third kappa shape index (κ3) is 2.33. The molecule has 0 amide bonds. The number of aryl methyl sites for hydroxylation is 3. The second kappa shape index (κ2) is 5.12. The molecule has 4 nitrogen and oxygen atoms in total. The Kier molecular flexibility index (Phi) is 3.30. The Labute approximate surface area is 119 Å². The molecule has 0 spiro atoms. The number of ether oxygens (including phenoxy) is 1. The van der Waals surface area contributed by atoms with E-state index in [-0.39, 0.29) is 0 Å². The first-order chi connectivity index (χ1) is 9.65. The standard InChI is InChI=1S/C16H19N3O/c1-10-8-15(11(2)7-13(10)17)20-16-12-5-3-4-6-14(12)18-9-19-16/h7-9H,3-6,17H2,1-2H3. The maximum absolute atomic E-state index is 6.04. The first-order valence-corrected chi connectivity index (χ1v) is 7.02. The summed E-state index contributed by atoms with van der Waals surface area (Å²) in [6.07, 6.45) is 5.99. The molecule has 1 aliphatic rings. The van der Waals surface area contributed by atoms with Crippen LogP contribution < -0.4 is 10.5 Å². The van der Waals surface area contributed by atoms with Gasteiger partial charge < -0.3 is 10.5 Å². The van der Waals surface area contributed by atoms with Crippen molar-refractivity contribution in [3.63, 3.8) is 0 Å². The van der Waals surface area contributed by atoms with Gasteiger partial charge in [0.25, 0.3) is 0 Å². The van der Waals surface area contributed by atoms with E-state index in [4.69, 9.17) is 10.5 Å². The number of aromatic nitrogens is 2. The first-order valence-electron chi connectivity index (χ1n) is 7.02. The lowest BCUT2D eigenvalue weighted by atomic mass is 9.97. The van der Waals surface area contributed by atoms with Crippen molar-refractivity contribution in [1.82, 2.24) is 9.97 Å². The van der Waals surface area contributed by atoms with Gasteiger partial charge in [-0.05, 0) is 62.8 Å². The van der Waals surface area contributed by atoms with Crippen LogP contribution in [0.1, 0.15) is 35.2 Å². The highest BCUT2D eigenvalue weighted by atomic mass is 16.5. The van der Waals surface area contributed by atoms with Gasteiger partial charge in [-0.2, -0.15) is 0 Å². The fraction of sp³-hybridized carbons (Fsp3) is 0.375. The van der Waals surface area contributed by atoms with E-state index in [2.05, 4.69) is 9.97 Å². The second-order valence-electron chi connectivity index (χ2n) is 5.39. The summed E-state index contributed by atoms with van der Waals surface area (Å²) >= 11 is 0. The Morgan fingerprint density at radius 1 is 1.05 bits per heavy atom. The molecule has 3 rings (SSSR count). The smallest absolute Gasteiger partial charge is 0.225 e. The maximum Gasteiger partial charge on any atom is 0.225 e. The maximum atomic E-state index is 6.04. The monoisotopic (exact) mass is 269 g/mol. The van der Waals surface area contributed by atoms with Gasteiger partial charge in [0.2, 0.25) is 5.88 Å². The van der Waals surface area contributed by atoms with Gasteiger partial charge in [0.1, 0.15) is 12.1 Å². The van der Waals surface area contributed by atoms with Crippen molar-refractivity contribution < 1.29 is 4.74 Å². The van der Waals surface area contributed by atoms with Crippen molar-refractivity contribution in [2.45, 2.75) is 39.5 Å². The van der Waals surface area contributed by atoms with Crippen LogP contribution in [-0.4, -0.2) is 9.97 Å². The molecule has 1 aromatic carbocycles. The largest absolute Gasteiger partial charge is 0.438 e. The SMILES string of the molecule is Cc1cc(Oc2ncnc3c2CCCC3)c(C)cc1N. The molecule has 1 aromatic heterocycles. The summed E-state index contributed by atoms with van der Waals surface area (Å²) in [6, 6.07) is 3.92. The Balaban J connectivity index is 1.98. The van der Waals surface area contributed by atoms with Gasteiger partial charge in [0, 0.05) is 11.3 Å². The highest BCUT2D eigenvalue weighted by molar-refractivity contribution is 5.54. The van der Waals surface area contributed by atoms with Crippen LogP contribution in [0.25, 0.3) is 0 Å². The lowest BCUT2D eigenvalue weighted by molar-refractivity contribution is 0.443. The molecule has 0 saturated heterocycles. The van der Waals surface area contributed by atoms with Crippen LogP contribution in [0.4, 0.5) is 5.69 Å². The van der Waals surface area contributed by atoms with Crippen molar-refractivity contribution in [3.05, 3.63) is 40.8 Å². The Morgan fingerprint density at radius 2 is 1.85 bits per heavy atom. The molecule has 20 heavy (non-hydrogen) atoms. The van der Waals surface area contributed by atoms with E-state index >= 15 is 0 Å². The van der Waals surface area contributed by atoms with E-state index in [9.17, 15) is 0 Å². The zero-order chi connectivity index (χ0) is 14.1. The fourth-order valence-corrected chi connectivity index (χ4v) is 2.61. The van der Waals surface area contributed by atoms with E-state index in [1.54, 1.807) is 6.33 Å². The van der Waals surface area contributed by atoms with E-state index in [1.165, 1.54) is 12.8 Å². The molecule has 0 fully saturated rings. The van der Waals surface area contributed by atoms with E-state index in [0.717, 1.165) is 46.7 Å². The molecule has 2 aromatic rings. The van der Waals surface area contributed by atoms with Crippen LogP contribution in [0.2, 0.25) is 0 Å². The highest BCUT2D eigenvalue weighted by Gasteiger charge is 2.17. The van der Waals surface area contributed by atoms with Gasteiger partial charge in [-0.15, -0.1) is 0 Å². The zero-order valence-corrected chi connectivity index (χ0v) is 11.9. The number of benzene rings is 1. The molecule has 1 aliphatic carbocycles. The number of rotatable bonds is 2. The zero-order valence-electron chi connectivity index (χ0n) is 11.9. The topological polar surface area (TPSA) is 61.0 Å². The third-order valence-corrected chi connectivity index (χ3v) is 3.86. The molecule has 0 saturated carbocycles. The van der Waals surface area contributed by atoms with Crippen LogP contribution in [0.15, 0.2) is 18.5 Å². The van der Waals surface area contributed by atoms with Crippen LogP contribution in [0.3, 0.4) is 0 Å². The number of nitrogens with zero attached hydrogens (tertiary/aromatic N) is 2. The van der Waals surface area contributed by atoms with Crippen molar-refractivity contribution in [2.24, 2.45) is 0 Å². The van der Waals surface area contributed by atoms with Crippen molar-refractivity contribution in [3.8, 4) is 11.6 Å². The molecule has 0 atom stereocenters. The summed E-state index contributed by atoms with van der Waals surface area (Å²) in [7, 11) is 0. The normalized spacial score (nSPS) is 13.9. The summed E-state index contributed by atoms with van der Waals surface area (Å²) < 4.78 is 6.04. The van der Waals surface area contributed by atoms with Gasteiger partial charge >= 0.3 is 0 Å². The Hall–Kier alpha value is -2.10. The molecule has 0 bridgehead atoms. The van der Waals surface area contributed by atoms with Gasteiger partial charge in [0.15, 0.2) is 0 Å². The Morgan fingerprint density at radius 3 is 2.70 bits per heavy atom. The first kappa shape index (κ1) is 12.9. The van der Waals surface area contributed by atoms with E-state index in [0.29, 0.717) is 5.88 Å². The molecule has 4 heteroatoms. The van der Waals surface area contributed by atoms with Crippen LogP contribution in [0.5, 0.6) is 11.6 Å². The lowest BCUT2D eigenvalue weighted by Crippen LogP contribution is -2.08. The molecule has 1 heterocycles. The number of hydrogen-bond acceptors (Lipinski definition) is 4. The molecule has 0 aliphatic heterocycles. The van der Waals surface area contributed by atoms with Crippen LogP contribution in [-0.2, 0) is 12.8 Å². The second-order valence-corrected chi connectivity index (χ2v) is 5.39.